The Balaban J connectivity index is 2.17. The van der Waals surface area contributed by atoms with Crippen LogP contribution in [0.15, 0.2) is 17.1 Å². The maximum Gasteiger partial charge on any atom is 0.339 e. The first-order valence-electron chi connectivity index (χ1n) is 7.64. The predicted molar refractivity (Wildman–Crippen MR) is 85.0 cm³/mol. The maximum absolute atomic E-state index is 12.2. The van der Waals surface area contributed by atoms with Crippen molar-refractivity contribution in [1.82, 2.24) is 9.88 Å². The summed E-state index contributed by atoms with van der Waals surface area (Å²) in [6, 6.07) is 1.45. The summed E-state index contributed by atoms with van der Waals surface area (Å²) in [4.78, 5) is 36.0. The van der Waals surface area contributed by atoms with Gasteiger partial charge in [0.2, 0.25) is 5.91 Å². The first-order valence-corrected chi connectivity index (χ1v) is 7.64. The smallest absolute Gasteiger partial charge is 0.339 e. The van der Waals surface area contributed by atoms with Gasteiger partial charge in [0.1, 0.15) is 6.54 Å². The number of rotatable bonds is 4. The van der Waals surface area contributed by atoms with Crippen LogP contribution in [0.4, 0.5) is 0 Å². The van der Waals surface area contributed by atoms with Crippen LogP contribution >= 0.6 is 0 Å². The molecule has 1 aromatic heterocycles. The zero-order chi connectivity index (χ0) is 16.8. The number of methoxy groups -OCH3 is 1. The van der Waals surface area contributed by atoms with E-state index in [0.717, 1.165) is 30.3 Å². The van der Waals surface area contributed by atoms with Gasteiger partial charge in [-0.1, -0.05) is 25.2 Å². The summed E-state index contributed by atoms with van der Waals surface area (Å²) in [5.41, 5.74) is -0.303. The van der Waals surface area contributed by atoms with Gasteiger partial charge in [0.05, 0.1) is 18.2 Å². The molecule has 1 aliphatic rings. The largest absolute Gasteiger partial charge is 0.465 e. The molecule has 0 atom stereocenters. The number of nitrogens with one attached hydrogen (secondary N) is 1. The van der Waals surface area contributed by atoms with Gasteiger partial charge in [-0.3, -0.25) is 9.59 Å². The highest BCUT2D eigenvalue weighted by atomic mass is 16.5. The molecule has 1 heterocycles. The normalized spacial score (nSPS) is 14.8. The highest BCUT2D eigenvalue weighted by Gasteiger charge is 2.17. The molecule has 122 valence electrons. The number of esters is 1. The number of pyridine rings is 1. The molecule has 1 aromatic rings. The average molecular weight is 316 g/mol. The molecular formula is C17H20N2O4. The van der Waals surface area contributed by atoms with Crippen LogP contribution in [0.2, 0.25) is 0 Å². The highest BCUT2D eigenvalue weighted by molar-refractivity contribution is 5.89. The van der Waals surface area contributed by atoms with Crippen molar-refractivity contribution >= 4 is 11.9 Å². The Morgan fingerprint density at radius 1 is 1.39 bits per heavy atom. The minimum atomic E-state index is -0.608. The Hall–Kier alpha value is -2.55. The van der Waals surface area contributed by atoms with Crippen molar-refractivity contribution in [2.75, 3.05) is 7.11 Å². The van der Waals surface area contributed by atoms with Crippen LogP contribution in [0.3, 0.4) is 0 Å². The molecule has 1 aliphatic carbocycles. The molecule has 6 nitrogen and oxygen atoms in total. The predicted octanol–water partition coefficient (Wildman–Crippen LogP) is 1.07. The number of carbonyl (C=O) groups excluding carboxylic acids is 2. The SMILES string of the molecule is C#Cc1cc(C(=O)OC)cn(CC(=O)NC2CCCCC2)c1=O. The highest BCUT2D eigenvalue weighted by Crippen LogP contribution is 2.17. The number of hydrogen-bond acceptors (Lipinski definition) is 4. The second-order valence-electron chi connectivity index (χ2n) is 5.61. The van der Waals surface area contributed by atoms with Crippen molar-refractivity contribution in [1.29, 1.82) is 0 Å². The molecule has 1 amide bonds. The summed E-state index contributed by atoms with van der Waals surface area (Å²) in [5.74, 6) is 1.37. The Labute approximate surface area is 134 Å². The molecule has 0 saturated heterocycles. The third-order valence-corrected chi connectivity index (χ3v) is 3.95. The lowest BCUT2D eigenvalue weighted by molar-refractivity contribution is -0.122. The Morgan fingerprint density at radius 2 is 2.09 bits per heavy atom. The molecule has 6 heteroatoms. The maximum atomic E-state index is 12.2. The van der Waals surface area contributed by atoms with Gasteiger partial charge in [-0.15, -0.1) is 6.42 Å². The van der Waals surface area contributed by atoms with Crippen LogP contribution in [0, 0.1) is 12.3 Å². The minimum absolute atomic E-state index is 0.0263. The van der Waals surface area contributed by atoms with Crippen molar-refractivity contribution < 1.29 is 14.3 Å². The minimum Gasteiger partial charge on any atom is -0.465 e. The van der Waals surface area contributed by atoms with E-state index in [1.54, 1.807) is 0 Å². The molecule has 0 spiro atoms. The van der Waals surface area contributed by atoms with Gasteiger partial charge in [0.25, 0.3) is 5.56 Å². The molecule has 0 unspecified atom stereocenters. The van der Waals surface area contributed by atoms with Crippen LogP contribution in [0.5, 0.6) is 0 Å². The Bertz CT molecular complexity index is 694. The van der Waals surface area contributed by atoms with Crippen LogP contribution in [0.25, 0.3) is 0 Å². The van der Waals surface area contributed by atoms with E-state index in [2.05, 4.69) is 16.0 Å². The van der Waals surface area contributed by atoms with Gasteiger partial charge in [-0.25, -0.2) is 4.79 Å². The fourth-order valence-corrected chi connectivity index (χ4v) is 2.76. The summed E-state index contributed by atoms with van der Waals surface area (Å²) in [7, 11) is 1.24. The van der Waals surface area contributed by atoms with Crippen molar-refractivity contribution in [3.63, 3.8) is 0 Å². The Kier molecular flexibility index (Phi) is 5.58. The number of ether oxygens (including phenoxy) is 1. The van der Waals surface area contributed by atoms with E-state index in [0.29, 0.717) is 0 Å². The van der Waals surface area contributed by atoms with E-state index in [4.69, 9.17) is 6.42 Å². The van der Waals surface area contributed by atoms with Gasteiger partial charge in [-0.2, -0.15) is 0 Å². The van der Waals surface area contributed by atoms with E-state index in [1.165, 1.54) is 25.8 Å². The number of terminal acetylenes is 1. The molecule has 0 bridgehead atoms. The summed E-state index contributed by atoms with van der Waals surface area (Å²) in [6.07, 6.45) is 11.9. The second-order valence-corrected chi connectivity index (χ2v) is 5.61. The van der Waals surface area contributed by atoms with Crippen LogP contribution in [-0.4, -0.2) is 29.6 Å². The zero-order valence-corrected chi connectivity index (χ0v) is 13.1. The van der Waals surface area contributed by atoms with Crippen molar-refractivity contribution in [2.24, 2.45) is 0 Å². The topological polar surface area (TPSA) is 77.4 Å². The molecule has 0 radical (unpaired) electrons. The average Bonchev–Trinajstić information content (AvgIpc) is 2.56. The molecule has 1 fully saturated rings. The van der Waals surface area contributed by atoms with Crippen molar-refractivity contribution in [3.05, 3.63) is 33.7 Å². The van der Waals surface area contributed by atoms with E-state index in [-0.39, 0.29) is 29.6 Å². The number of nitrogens with zero attached hydrogens (tertiary/aromatic N) is 1. The molecule has 0 aliphatic heterocycles. The molecule has 0 aromatic carbocycles. The molecular weight excluding hydrogens is 296 g/mol. The van der Waals surface area contributed by atoms with E-state index in [1.807, 2.05) is 0 Å². The zero-order valence-electron chi connectivity index (χ0n) is 13.1. The third-order valence-electron chi connectivity index (χ3n) is 3.95. The van der Waals surface area contributed by atoms with Crippen molar-refractivity contribution in [3.8, 4) is 12.3 Å². The molecule has 2 rings (SSSR count). The fourth-order valence-electron chi connectivity index (χ4n) is 2.76. The number of amides is 1. The fraction of sp³-hybridized carbons (Fsp3) is 0.471. The third kappa shape index (κ3) is 4.22. The van der Waals surface area contributed by atoms with Gasteiger partial charge < -0.3 is 14.6 Å². The van der Waals surface area contributed by atoms with E-state index in [9.17, 15) is 14.4 Å². The monoisotopic (exact) mass is 316 g/mol. The lowest BCUT2D eigenvalue weighted by atomic mass is 9.95. The van der Waals surface area contributed by atoms with Gasteiger partial charge in [0, 0.05) is 12.2 Å². The van der Waals surface area contributed by atoms with E-state index < -0.39 is 11.5 Å². The number of hydrogen-bond donors (Lipinski definition) is 1. The summed E-state index contributed by atoms with van der Waals surface area (Å²) < 4.78 is 5.79. The van der Waals surface area contributed by atoms with Crippen LogP contribution in [-0.2, 0) is 16.1 Å². The first-order chi connectivity index (χ1) is 11.0. The molecule has 23 heavy (non-hydrogen) atoms. The number of aromatic nitrogens is 1. The van der Waals surface area contributed by atoms with Gasteiger partial charge in [-0.05, 0) is 18.9 Å². The van der Waals surface area contributed by atoms with Crippen molar-refractivity contribution in [2.45, 2.75) is 44.7 Å². The molecule has 1 saturated carbocycles. The second kappa shape index (κ2) is 7.63. The quantitative estimate of drug-likeness (QED) is 0.666. The van der Waals surface area contributed by atoms with Crippen LogP contribution in [0.1, 0.15) is 48.0 Å². The van der Waals surface area contributed by atoms with Gasteiger partial charge in [0.15, 0.2) is 0 Å². The standard InChI is InChI=1S/C17H20N2O4/c1-3-12-9-13(17(22)23-2)10-19(16(12)21)11-15(20)18-14-7-5-4-6-8-14/h1,9-10,14H,4-8,11H2,2H3,(H,18,20). The number of carbonyl (C=O) groups is 2. The van der Waals surface area contributed by atoms with Crippen LogP contribution < -0.4 is 10.9 Å². The first kappa shape index (κ1) is 16.8. The molecule has 1 N–H and O–H groups in total. The van der Waals surface area contributed by atoms with E-state index >= 15 is 0 Å². The summed E-state index contributed by atoms with van der Waals surface area (Å²) >= 11 is 0. The lowest BCUT2D eigenvalue weighted by Crippen LogP contribution is -2.40. The van der Waals surface area contributed by atoms with Gasteiger partial charge >= 0.3 is 5.97 Å². The lowest BCUT2D eigenvalue weighted by Gasteiger charge is -2.23. The summed E-state index contributed by atoms with van der Waals surface area (Å²) in [5, 5.41) is 2.93. The summed E-state index contributed by atoms with van der Waals surface area (Å²) in [6.45, 7) is -0.172. The Morgan fingerprint density at radius 3 is 2.70 bits per heavy atom.